The monoisotopic (exact) mass is 410 g/mol. The number of likely N-dealkylation sites (N-methyl/N-ethyl adjacent to an activating group) is 1. The van der Waals surface area contributed by atoms with E-state index in [1.165, 1.54) is 24.1 Å². The Hall–Kier alpha value is -3.52. The van der Waals surface area contributed by atoms with Crippen LogP contribution in [0.1, 0.15) is 11.1 Å². The van der Waals surface area contributed by atoms with Gasteiger partial charge in [-0.15, -0.1) is 0 Å². The molecule has 2 heterocycles. The minimum absolute atomic E-state index is 0.0326. The number of rotatable bonds is 4. The number of hydrogen-bond donors (Lipinski definition) is 1. The maximum atomic E-state index is 13.6. The first-order valence-corrected chi connectivity index (χ1v) is 9.28. The zero-order chi connectivity index (χ0) is 21.6. The highest BCUT2D eigenvalue weighted by atomic mass is 19.1. The zero-order valence-corrected chi connectivity index (χ0v) is 16.4. The first-order valence-electron chi connectivity index (χ1n) is 9.28. The number of nitrogens with zero attached hydrogens (tertiary/aromatic N) is 2. The number of benzene rings is 2. The standard InChI is InChI=1S/C22H19FN2O5/c1-24-16-6-4-3-5-15(16)22(21(24)29)17(18(26)13-7-9-14(23)10-8-13)19(27)20(28)25(22)11-12-30-2/h3-10,26H,11-12H2,1-2H3/t22-/m0/s1. The van der Waals surface area contributed by atoms with Gasteiger partial charge in [-0.2, -0.15) is 0 Å². The molecule has 8 heteroatoms. The number of para-hydroxylation sites is 1. The van der Waals surface area contributed by atoms with Crippen molar-refractivity contribution in [2.24, 2.45) is 0 Å². The summed E-state index contributed by atoms with van der Waals surface area (Å²) in [5, 5.41) is 11.1. The van der Waals surface area contributed by atoms with Crippen molar-refractivity contribution < 1.29 is 28.6 Å². The summed E-state index contributed by atoms with van der Waals surface area (Å²) in [6.07, 6.45) is 0. The summed E-state index contributed by atoms with van der Waals surface area (Å²) in [4.78, 5) is 42.2. The molecule has 30 heavy (non-hydrogen) atoms. The van der Waals surface area contributed by atoms with E-state index in [4.69, 9.17) is 4.74 Å². The van der Waals surface area contributed by atoms with E-state index >= 15 is 0 Å². The van der Waals surface area contributed by atoms with Crippen LogP contribution in [0.3, 0.4) is 0 Å². The van der Waals surface area contributed by atoms with Gasteiger partial charge in [-0.25, -0.2) is 4.39 Å². The molecule has 1 fully saturated rings. The molecule has 0 bridgehead atoms. The Bertz CT molecular complexity index is 1090. The second-order valence-electron chi connectivity index (χ2n) is 7.10. The number of carbonyl (C=O) groups excluding carboxylic acids is 3. The predicted molar refractivity (Wildman–Crippen MR) is 106 cm³/mol. The van der Waals surface area contributed by atoms with Gasteiger partial charge in [0.05, 0.1) is 12.2 Å². The summed E-state index contributed by atoms with van der Waals surface area (Å²) in [7, 11) is 2.99. The molecule has 4 rings (SSSR count). The molecule has 0 unspecified atom stereocenters. The highest BCUT2D eigenvalue weighted by Gasteiger charge is 2.66. The van der Waals surface area contributed by atoms with E-state index in [9.17, 15) is 23.9 Å². The number of ether oxygens (including phenoxy) is 1. The molecule has 0 radical (unpaired) electrons. The van der Waals surface area contributed by atoms with Gasteiger partial charge in [0.2, 0.25) is 0 Å². The lowest BCUT2D eigenvalue weighted by Gasteiger charge is -2.34. The fourth-order valence-electron chi connectivity index (χ4n) is 4.21. The zero-order valence-electron chi connectivity index (χ0n) is 16.4. The number of anilines is 1. The summed E-state index contributed by atoms with van der Waals surface area (Å²) in [6, 6.07) is 11.6. The first kappa shape index (κ1) is 19.8. The topological polar surface area (TPSA) is 87.1 Å². The van der Waals surface area contributed by atoms with E-state index in [0.29, 0.717) is 11.3 Å². The second-order valence-corrected chi connectivity index (χ2v) is 7.10. The lowest BCUT2D eigenvalue weighted by atomic mass is 9.82. The summed E-state index contributed by atoms with van der Waals surface area (Å²) >= 11 is 0. The van der Waals surface area contributed by atoms with Crippen molar-refractivity contribution >= 4 is 29.0 Å². The van der Waals surface area contributed by atoms with E-state index in [1.807, 2.05) is 0 Å². The summed E-state index contributed by atoms with van der Waals surface area (Å²) in [5.41, 5.74) is -1.10. The number of aliphatic hydroxyl groups is 1. The average molecular weight is 410 g/mol. The van der Waals surface area contributed by atoms with Crippen LogP contribution in [0.25, 0.3) is 5.76 Å². The van der Waals surface area contributed by atoms with Crippen LogP contribution in [0.2, 0.25) is 0 Å². The Morgan fingerprint density at radius 2 is 1.77 bits per heavy atom. The highest BCUT2D eigenvalue weighted by molar-refractivity contribution is 6.50. The second kappa shape index (κ2) is 7.07. The summed E-state index contributed by atoms with van der Waals surface area (Å²) in [5.74, 6) is -3.49. The molecule has 2 aliphatic rings. The Morgan fingerprint density at radius 3 is 2.43 bits per heavy atom. The van der Waals surface area contributed by atoms with Crippen LogP contribution >= 0.6 is 0 Å². The fraction of sp³-hybridized carbons (Fsp3) is 0.227. The third-order valence-corrected chi connectivity index (χ3v) is 5.58. The number of amides is 2. The molecule has 154 valence electrons. The highest BCUT2D eigenvalue weighted by Crippen LogP contribution is 2.53. The summed E-state index contributed by atoms with van der Waals surface area (Å²) in [6.45, 7) is 0.0553. The molecule has 7 nitrogen and oxygen atoms in total. The van der Waals surface area contributed by atoms with Crippen molar-refractivity contribution in [1.82, 2.24) is 4.90 Å². The number of methoxy groups -OCH3 is 1. The van der Waals surface area contributed by atoms with Gasteiger partial charge < -0.3 is 19.6 Å². The van der Waals surface area contributed by atoms with E-state index in [2.05, 4.69) is 0 Å². The molecule has 0 aliphatic carbocycles. The third kappa shape index (κ3) is 2.50. The van der Waals surface area contributed by atoms with Crippen LogP contribution in [0.4, 0.5) is 10.1 Å². The van der Waals surface area contributed by atoms with Gasteiger partial charge in [0, 0.05) is 37.5 Å². The SMILES string of the molecule is COCCN1C(=O)C(=O)C(=C(O)c2ccc(F)cc2)[C@@]12C(=O)N(C)c1ccccc12. The van der Waals surface area contributed by atoms with E-state index < -0.39 is 34.7 Å². The van der Waals surface area contributed by atoms with E-state index in [0.717, 1.165) is 17.0 Å². The lowest BCUT2D eigenvalue weighted by molar-refractivity contribution is -0.144. The Kier molecular flexibility index (Phi) is 4.66. The normalized spacial score (nSPS) is 22.3. The van der Waals surface area contributed by atoms with Crippen LogP contribution in [0.5, 0.6) is 0 Å². The minimum Gasteiger partial charge on any atom is -0.507 e. The van der Waals surface area contributed by atoms with Gasteiger partial charge in [0.15, 0.2) is 5.54 Å². The van der Waals surface area contributed by atoms with Gasteiger partial charge in [-0.05, 0) is 30.3 Å². The van der Waals surface area contributed by atoms with Crippen LogP contribution in [0.15, 0.2) is 54.1 Å². The molecule has 2 aliphatic heterocycles. The molecule has 1 atom stereocenters. The third-order valence-electron chi connectivity index (χ3n) is 5.58. The molecule has 1 spiro atoms. The quantitative estimate of drug-likeness (QED) is 0.474. The Labute approximate surface area is 172 Å². The van der Waals surface area contributed by atoms with Crippen LogP contribution < -0.4 is 4.90 Å². The number of Topliss-reactive ketones (excluding diaryl/α,β-unsaturated/α-hetero) is 1. The van der Waals surface area contributed by atoms with Gasteiger partial charge >= 0.3 is 0 Å². The average Bonchev–Trinajstić information content (AvgIpc) is 3.11. The molecule has 2 aromatic carbocycles. The number of ketones is 1. The van der Waals surface area contributed by atoms with Crippen LogP contribution in [-0.2, 0) is 24.7 Å². The number of aliphatic hydroxyl groups excluding tert-OH is 1. The maximum absolute atomic E-state index is 13.6. The molecule has 0 saturated carbocycles. The Morgan fingerprint density at radius 1 is 1.10 bits per heavy atom. The van der Waals surface area contributed by atoms with E-state index in [-0.39, 0.29) is 24.3 Å². The minimum atomic E-state index is -1.82. The number of carbonyl (C=O) groups is 3. The van der Waals surface area contributed by atoms with Crippen molar-refractivity contribution in [3.8, 4) is 0 Å². The van der Waals surface area contributed by atoms with Crippen molar-refractivity contribution in [3.05, 3.63) is 71.0 Å². The van der Waals surface area contributed by atoms with Crippen LogP contribution in [0, 0.1) is 5.82 Å². The van der Waals surface area contributed by atoms with E-state index in [1.54, 1.807) is 31.3 Å². The van der Waals surface area contributed by atoms with Crippen LogP contribution in [-0.4, -0.2) is 54.9 Å². The molecule has 1 N–H and O–H groups in total. The van der Waals surface area contributed by atoms with Crippen molar-refractivity contribution in [1.29, 1.82) is 0 Å². The van der Waals surface area contributed by atoms with Crippen molar-refractivity contribution in [2.45, 2.75) is 5.54 Å². The molecule has 1 saturated heterocycles. The number of fused-ring (bicyclic) bond motifs is 2. The maximum Gasteiger partial charge on any atom is 0.296 e. The Balaban J connectivity index is 2.05. The largest absolute Gasteiger partial charge is 0.507 e. The van der Waals surface area contributed by atoms with Gasteiger partial charge in [-0.1, -0.05) is 18.2 Å². The fourth-order valence-corrected chi connectivity index (χ4v) is 4.21. The smallest absolute Gasteiger partial charge is 0.296 e. The van der Waals surface area contributed by atoms with Crippen molar-refractivity contribution in [3.63, 3.8) is 0 Å². The van der Waals surface area contributed by atoms with Gasteiger partial charge in [0.25, 0.3) is 17.6 Å². The lowest BCUT2D eigenvalue weighted by Crippen LogP contribution is -2.52. The molecule has 2 amide bonds. The van der Waals surface area contributed by atoms with Crippen molar-refractivity contribution in [2.75, 3.05) is 32.2 Å². The number of halogens is 1. The molecule has 0 aromatic heterocycles. The molecule has 2 aromatic rings. The van der Waals surface area contributed by atoms with Gasteiger partial charge in [0.1, 0.15) is 11.6 Å². The first-order chi connectivity index (χ1) is 14.4. The van der Waals surface area contributed by atoms with Gasteiger partial charge in [-0.3, -0.25) is 14.4 Å². The summed E-state index contributed by atoms with van der Waals surface area (Å²) < 4.78 is 18.5. The number of likely N-dealkylation sites (tertiary alicyclic amines) is 1. The predicted octanol–water partition coefficient (Wildman–Crippen LogP) is 2.02. The molecular formula is C22H19FN2O5. The number of hydrogen-bond acceptors (Lipinski definition) is 5. The molecular weight excluding hydrogens is 391 g/mol.